The first-order valence-corrected chi connectivity index (χ1v) is 7.01. The molecular formula is C11H10F4N2O2S. The van der Waals surface area contributed by atoms with E-state index in [0.29, 0.717) is 0 Å². The summed E-state index contributed by atoms with van der Waals surface area (Å²) in [5, 5.41) is 4.66. The number of primary sulfonamides is 1. The van der Waals surface area contributed by atoms with Crippen LogP contribution in [0.5, 0.6) is 0 Å². The van der Waals surface area contributed by atoms with Crippen LogP contribution in [0.1, 0.15) is 6.42 Å². The Labute approximate surface area is 111 Å². The van der Waals surface area contributed by atoms with Crippen LogP contribution in [0, 0.1) is 5.82 Å². The van der Waals surface area contributed by atoms with E-state index in [1.165, 1.54) is 12.1 Å². The summed E-state index contributed by atoms with van der Waals surface area (Å²) >= 11 is 0. The van der Waals surface area contributed by atoms with Gasteiger partial charge in [-0.3, -0.25) is 0 Å². The van der Waals surface area contributed by atoms with Crippen molar-refractivity contribution < 1.29 is 26.0 Å². The van der Waals surface area contributed by atoms with Gasteiger partial charge in [-0.15, -0.1) is 0 Å². The maximum absolute atomic E-state index is 13.7. The Morgan fingerprint density at radius 3 is 2.45 bits per heavy atom. The highest BCUT2D eigenvalue weighted by atomic mass is 32.2. The van der Waals surface area contributed by atoms with E-state index in [1.807, 2.05) is 0 Å². The number of nitrogens with zero attached hydrogens (tertiary/aromatic N) is 1. The number of alkyl halides is 3. The lowest BCUT2D eigenvalue weighted by molar-refractivity contribution is -0.136. The average Bonchev–Trinajstić information content (AvgIpc) is 2.65. The van der Waals surface area contributed by atoms with Crippen molar-refractivity contribution >= 4 is 20.9 Å². The molecule has 1 aromatic heterocycles. The van der Waals surface area contributed by atoms with Gasteiger partial charge in [0.15, 0.2) is 0 Å². The van der Waals surface area contributed by atoms with Gasteiger partial charge in [-0.2, -0.15) is 13.2 Å². The Balaban J connectivity index is 2.60. The molecule has 4 nitrogen and oxygen atoms in total. The van der Waals surface area contributed by atoms with Crippen molar-refractivity contribution in [1.82, 2.24) is 4.57 Å². The maximum Gasteiger partial charge on any atom is 0.390 e. The topological polar surface area (TPSA) is 65.1 Å². The average molecular weight is 310 g/mol. The van der Waals surface area contributed by atoms with E-state index in [9.17, 15) is 26.0 Å². The summed E-state index contributed by atoms with van der Waals surface area (Å²) in [6.07, 6.45) is -4.63. The highest BCUT2D eigenvalue weighted by Gasteiger charge is 2.28. The Morgan fingerprint density at radius 1 is 1.25 bits per heavy atom. The molecule has 0 aliphatic carbocycles. The molecule has 0 unspecified atom stereocenters. The molecular weight excluding hydrogens is 300 g/mol. The van der Waals surface area contributed by atoms with E-state index >= 15 is 0 Å². The van der Waals surface area contributed by atoms with E-state index in [4.69, 9.17) is 5.14 Å². The molecule has 0 atom stereocenters. The summed E-state index contributed by atoms with van der Waals surface area (Å²) < 4.78 is 74.2. The molecule has 0 spiro atoms. The third-order valence-electron chi connectivity index (χ3n) is 2.76. The first-order valence-electron chi connectivity index (χ1n) is 5.46. The molecule has 20 heavy (non-hydrogen) atoms. The first-order chi connectivity index (χ1) is 9.09. The molecule has 2 rings (SSSR count). The van der Waals surface area contributed by atoms with Crippen molar-refractivity contribution in [2.45, 2.75) is 24.0 Å². The van der Waals surface area contributed by atoms with E-state index < -0.39 is 39.9 Å². The summed E-state index contributed by atoms with van der Waals surface area (Å²) in [4.78, 5) is -0.521. The zero-order valence-electron chi connectivity index (χ0n) is 9.98. The van der Waals surface area contributed by atoms with Crippen molar-refractivity contribution in [1.29, 1.82) is 0 Å². The lowest BCUT2D eigenvalue weighted by atomic mass is 10.2. The largest absolute Gasteiger partial charge is 0.390 e. The minimum atomic E-state index is -4.40. The SMILES string of the molecule is NS(=O)(=O)c1cn(CCC(F)(F)F)c2cccc(F)c12. The van der Waals surface area contributed by atoms with Gasteiger partial charge < -0.3 is 4.57 Å². The third kappa shape index (κ3) is 2.93. The fraction of sp³-hybridized carbons (Fsp3) is 0.273. The third-order valence-corrected chi connectivity index (χ3v) is 3.69. The number of nitrogens with two attached hydrogens (primary N) is 1. The van der Waals surface area contributed by atoms with Gasteiger partial charge in [0, 0.05) is 12.7 Å². The Bertz CT molecular complexity index is 750. The number of rotatable bonds is 3. The first kappa shape index (κ1) is 14.8. The van der Waals surface area contributed by atoms with Crippen LogP contribution in [0.25, 0.3) is 10.9 Å². The predicted octanol–water partition coefficient (Wildman–Crippen LogP) is 2.38. The second-order valence-electron chi connectivity index (χ2n) is 4.23. The number of aryl methyl sites for hydroxylation is 1. The van der Waals surface area contributed by atoms with Gasteiger partial charge in [0.1, 0.15) is 10.7 Å². The molecule has 0 aliphatic rings. The Morgan fingerprint density at radius 2 is 1.90 bits per heavy atom. The summed E-state index contributed by atoms with van der Waals surface area (Å²) in [6, 6.07) is 3.64. The van der Waals surface area contributed by atoms with Gasteiger partial charge in [-0.1, -0.05) is 6.07 Å². The van der Waals surface area contributed by atoms with E-state index in [-0.39, 0.29) is 10.9 Å². The van der Waals surface area contributed by atoms with Gasteiger partial charge in [-0.05, 0) is 12.1 Å². The highest BCUT2D eigenvalue weighted by molar-refractivity contribution is 7.89. The molecule has 0 fully saturated rings. The second kappa shape index (κ2) is 4.74. The van der Waals surface area contributed by atoms with Crippen molar-refractivity contribution in [3.8, 4) is 0 Å². The highest BCUT2D eigenvalue weighted by Crippen LogP contribution is 2.29. The van der Waals surface area contributed by atoms with Crippen LogP contribution in [0.4, 0.5) is 17.6 Å². The summed E-state index contributed by atoms with van der Waals surface area (Å²) in [7, 11) is -4.23. The molecule has 0 radical (unpaired) electrons. The van der Waals surface area contributed by atoms with Crippen LogP contribution in [0.2, 0.25) is 0 Å². The van der Waals surface area contributed by atoms with Crippen molar-refractivity contribution in [2.24, 2.45) is 5.14 Å². The minimum absolute atomic E-state index is 0.0540. The Kier molecular flexibility index (Phi) is 3.51. The van der Waals surface area contributed by atoms with Crippen molar-refractivity contribution in [3.05, 3.63) is 30.2 Å². The molecule has 0 saturated carbocycles. The molecule has 2 N–H and O–H groups in total. The van der Waals surface area contributed by atoms with Crippen LogP contribution in [0.3, 0.4) is 0 Å². The van der Waals surface area contributed by atoms with Gasteiger partial charge in [0.2, 0.25) is 10.0 Å². The lowest BCUT2D eigenvalue weighted by Crippen LogP contribution is -2.13. The number of hydrogen-bond donors (Lipinski definition) is 1. The zero-order chi connectivity index (χ0) is 15.1. The smallest absolute Gasteiger partial charge is 0.346 e. The van der Waals surface area contributed by atoms with Crippen LogP contribution in [-0.2, 0) is 16.6 Å². The summed E-state index contributed by atoms with van der Waals surface area (Å²) in [6.45, 7) is -0.515. The van der Waals surface area contributed by atoms with Gasteiger partial charge in [0.05, 0.1) is 17.3 Å². The number of fused-ring (bicyclic) bond motifs is 1. The monoisotopic (exact) mass is 310 g/mol. The number of sulfonamides is 1. The zero-order valence-corrected chi connectivity index (χ0v) is 10.8. The maximum atomic E-state index is 13.7. The molecule has 0 saturated heterocycles. The molecule has 9 heteroatoms. The molecule has 110 valence electrons. The van der Waals surface area contributed by atoms with Crippen molar-refractivity contribution in [2.75, 3.05) is 0 Å². The van der Waals surface area contributed by atoms with E-state index in [0.717, 1.165) is 16.8 Å². The molecule has 0 aliphatic heterocycles. The lowest BCUT2D eigenvalue weighted by Gasteiger charge is -2.08. The van der Waals surface area contributed by atoms with Crippen LogP contribution in [0.15, 0.2) is 29.3 Å². The minimum Gasteiger partial charge on any atom is -0.346 e. The number of benzene rings is 1. The van der Waals surface area contributed by atoms with Crippen LogP contribution >= 0.6 is 0 Å². The summed E-state index contributed by atoms with van der Waals surface area (Å²) in [5.41, 5.74) is 0.0540. The number of hydrogen-bond acceptors (Lipinski definition) is 2. The molecule has 1 heterocycles. The second-order valence-corrected chi connectivity index (χ2v) is 5.76. The summed E-state index contributed by atoms with van der Waals surface area (Å²) in [5.74, 6) is -0.850. The van der Waals surface area contributed by atoms with Crippen molar-refractivity contribution in [3.63, 3.8) is 0 Å². The predicted molar refractivity (Wildman–Crippen MR) is 63.9 cm³/mol. The van der Waals surface area contributed by atoms with Gasteiger partial charge >= 0.3 is 6.18 Å². The standard InChI is InChI=1S/C11H10F4N2O2S/c12-7-2-1-3-8-10(7)9(20(16,18)19)6-17(8)5-4-11(13,14)15/h1-3,6H,4-5H2,(H2,16,18,19). The molecule has 1 aromatic carbocycles. The Hall–Kier alpha value is -1.61. The fourth-order valence-corrected chi connectivity index (χ4v) is 2.68. The van der Waals surface area contributed by atoms with Crippen LogP contribution < -0.4 is 5.14 Å². The van der Waals surface area contributed by atoms with Gasteiger partial charge in [0.25, 0.3) is 0 Å². The normalized spacial score (nSPS) is 13.1. The van der Waals surface area contributed by atoms with E-state index in [2.05, 4.69) is 0 Å². The molecule has 0 bridgehead atoms. The number of halogens is 4. The number of aromatic nitrogens is 1. The quantitative estimate of drug-likeness (QED) is 0.885. The van der Waals surface area contributed by atoms with E-state index in [1.54, 1.807) is 0 Å². The van der Waals surface area contributed by atoms with Gasteiger partial charge in [-0.25, -0.2) is 17.9 Å². The fourth-order valence-electron chi connectivity index (χ4n) is 1.92. The van der Waals surface area contributed by atoms with Crippen LogP contribution in [-0.4, -0.2) is 19.2 Å². The molecule has 0 amide bonds. The molecule has 2 aromatic rings.